The Hall–Kier alpha value is -0.740. The van der Waals surface area contributed by atoms with Crippen molar-refractivity contribution >= 4 is 29.0 Å². The van der Waals surface area contributed by atoms with Crippen LogP contribution < -0.4 is 10.1 Å². The molecular weight excluding hydrogens is 225 g/mol. The Labute approximate surface area is 92.6 Å². The van der Waals surface area contributed by atoms with Crippen LogP contribution in [0.4, 0.5) is 5.82 Å². The lowest BCUT2D eigenvalue weighted by molar-refractivity contribution is 0.380. The van der Waals surface area contributed by atoms with Crippen molar-refractivity contribution in [3.63, 3.8) is 0 Å². The van der Waals surface area contributed by atoms with Crippen LogP contribution in [0.5, 0.6) is 6.01 Å². The molecule has 1 heterocycles. The first-order valence-electron chi connectivity index (χ1n) is 4.14. The van der Waals surface area contributed by atoms with Gasteiger partial charge in [-0.3, -0.25) is 0 Å². The van der Waals surface area contributed by atoms with Crippen LogP contribution in [-0.2, 0) is 0 Å². The largest absolute Gasteiger partial charge is 0.467 e. The number of rotatable bonds is 5. The van der Waals surface area contributed by atoms with Gasteiger partial charge in [0.25, 0.3) is 0 Å². The summed E-state index contributed by atoms with van der Waals surface area (Å²) in [6, 6.07) is 0.294. The van der Waals surface area contributed by atoms with E-state index in [1.165, 1.54) is 13.3 Å². The minimum Gasteiger partial charge on any atom is -0.467 e. The zero-order valence-electron chi connectivity index (χ0n) is 7.76. The number of ether oxygens (including phenoxy) is 1. The van der Waals surface area contributed by atoms with Crippen LogP contribution in [-0.4, -0.2) is 29.5 Å². The molecule has 0 bridgehead atoms. The van der Waals surface area contributed by atoms with Gasteiger partial charge in [-0.25, -0.2) is 4.98 Å². The molecule has 0 aliphatic heterocycles. The van der Waals surface area contributed by atoms with Gasteiger partial charge in [0.2, 0.25) is 0 Å². The van der Waals surface area contributed by atoms with Crippen molar-refractivity contribution in [2.45, 2.75) is 6.42 Å². The van der Waals surface area contributed by atoms with Crippen molar-refractivity contribution in [2.24, 2.45) is 0 Å². The van der Waals surface area contributed by atoms with Crippen molar-refractivity contribution < 1.29 is 4.74 Å². The molecule has 0 fully saturated rings. The minimum atomic E-state index is 0.294. The van der Waals surface area contributed by atoms with E-state index in [2.05, 4.69) is 15.3 Å². The minimum absolute atomic E-state index is 0.294. The second-order valence-corrected chi connectivity index (χ2v) is 3.31. The summed E-state index contributed by atoms with van der Waals surface area (Å²) in [7, 11) is 1.51. The van der Waals surface area contributed by atoms with E-state index in [0.29, 0.717) is 22.7 Å². The summed E-state index contributed by atoms with van der Waals surface area (Å²) in [5.74, 6) is 1.18. The van der Waals surface area contributed by atoms with E-state index in [-0.39, 0.29) is 0 Å². The monoisotopic (exact) mass is 235 g/mol. The molecule has 78 valence electrons. The summed E-state index contributed by atoms with van der Waals surface area (Å²) < 4.78 is 4.87. The van der Waals surface area contributed by atoms with Crippen molar-refractivity contribution in [1.82, 2.24) is 9.97 Å². The van der Waals surface area contributed by atoms with E-state index < -0.39 is 0 Å². The molecule has 0 amide bonds. The lowest BCUT2D eigenvalue weighted by Gasteiger charge is -2.06. The van der Waals surface area contributed by atoms with Crippen molar-refractivity contribution in [3.8, 4) is 6.01 Å². The highest BCUT2D eigenvalue weighted by Gasteiger charge is 2.04. The van der Waals surface area contributed by atoms with Crippen LogP contribution in [0, 0.1) is 0 Å². The van der Waals surface area contributed by atoms with Gasteiger partial charge in [-0.2, -0.15) is 4.98 Å². The lowest BCUT2D eigenvalue weighted by Crippen LogP contribution is -2.05. The first kappa shape index (κ1) is 11.3. The summed E-state index contributed by atoms with van der Waals surface area (Å²) >= 11 is 11.4. The first-order chi connectivity index (χ1) is 6.77. The molecule has 6 heteroatoms. The number of halogens is 2. The highest BCUT2D eigenvalue weighted by molar-refractivity contribution is 6.32. The molecule has 1 aromatic heterocycles. The molecule has 0 aromatic carbocycles. The summed E-state index contributed by atoms with van der Waals surface area (Å²) in [5.41, 5.74) is 0. The number of hydrogen-bond donors (Lipinski definition) is 1. The first-order valence-corrected chi connectivity index (χ1v) is 5.05. The molecule has 0 unspecified atom stereocenters. The Bertz CT molecular complexity index is 296. The third-order valence-corrected chi connectivity index (χ3v) is 2.05. The van der Waals surface area contributed by atoms with Crippen molar-refractivity contribution in [2.75, 3.05) is 24.9 Å². The molecule has 1 rings (SSSR count). The molecule has 0 saturated heterocycles. The van der Waals surface area contributed by atoms with Gasteiger partial charge in [0.15, 0.2) is 5.82 Å². The summed E-state index contributed by atoms with van der Waals surface area (Å²) in [5, 5.41) is 3.51. The quantitative estimate of drug-likeness (QED) is 0.628. The maximum Gasteiger partial charge on any atom is 0.318 e. The van der Waals surface area contributed by atoms with Gasteiger partial charge in [-0.05, 0) is 6.42 Å². The maximum atomic E-state index is 5.86. The normalized spacial score (nSPS) is 9.93. The Balaban J connectivity index is 2.64. The Kier molecular flexibility index (Phi) is 4.76. The summed E-state index contributed by atoms with van der Waals surface area (Å²) in [6.07, 6.45) is 2.35. The highest BCUT2D eigenvalue weighted by Crippen LogP contribution is 2.19. The third-order valence-electron chi connectivity index (χ3n) is 1.51. The molecule has 0 spiro atoms. The fourth-order valence-electron chi connectivity index (χ4n) is 0.847. The van der Waals surface area contributed by atoms with Crippen LogP contribution in [0.1, 0.15) is 6.42 Å². The third kappa shape index (κ3) is 3.20. The van der Waals surface area contributed by atoms with Crippen LogP contribution in [0.2, 0.25) is 5.02 Å². The highest BCUT2D eigenvalue weighted by atomic mass is 35.5. The molecule has 14 heavy (non-hydrogen) atoms. The molecule has 0 aliphatic carbocycles. The van der Waals surface area contributed by atoms with Crippen LogP contribution in [0.25, 0.3) is 0 Å². The van der Waals surface area contributed by atoms with E-state index in [9.17, 15) is 0 Å². The Morgan fingerprint density at radius 1 is 1.57 bits per heavy atom. The van der Waals surface area contributed by atoms with Crippen LogP contribution in [0.3, 0.4) is 0 Å². The van der Waals surface area contributed by atoms with Crippen molar-refractivity contribution in [3.05, 3.63) is 11.2 Å². The SMILES string of the molecule is COc1ncc(Cl)c(NCCCCl)n1. The van der Waals surface area contributed by atoms with E-state index in [0.717, 1.165) is 13.0 Å². The van der Waals surface area contributed by atoms with E-state index in [4.69, 9.17) is 27.9 Å². The average Bonchev–Trinajstić information content (AvgIpc) is 2.21. The number of anilines is 1. The Morgan fingerprint density at radius 2 is 2.36 bits per heavy atom. The molecule has 1 N–H and O–H groups in total. The molecule has 4 nitrogen and oxygen atoms in total. The van der Waals surface area contributed by atoms with E-state index in [1.54, 1.807) is 0 Å². The number of alkyl halides is 1. The standard InChI is InChI=1S/C8H11Cl2N3O/c1-14-8-12-5-6(10)7(13-8)11-4-2-3-9/h5H,2-4H2,1H3,(H,11,12,13). The fraction of sp³-hybridized carbons (Fsp3) is 0.500. The van der Waals surface area contributed by atoms with Crippen LogP contribution >= 0.6 is 23.2 Å². The van der Waals surface area contributed by atoms with Crippen LogP contribution in [0.15, 0.2) is 6.20 Å². The van der Waals surface area contributed by atoms with Gasteiger partial charge in [0.05, 0.1) is 13.3 Å². The lowest BCUT2D eigenvalue weighted by atomic mass is 10.4. The number of nitrogens with zero attached hydrogens (tertiary/aromatic N) is 2. The number of aromatic nitrogens is 2. The predicted molar refractivity (Wildman–Crippen MR) is 57.4 cm³/mol. The fourth-order valence-corrected chi connectivity index (χ4v) is 1.14. The van der Waals surface area contributed by atoms with Gasteiger partial charge in [-0.1, -0.05) is 11.6 Å². The van der Waals surface area contributed by atoms with E-state index >= 15 is 0 Å². The number of hydrogen-bond acceptors (Lipinski definition) is 4. The predicted octanol–water partition coefficient (Wildman–Crippen LogP) is 2.18. The zero-order chi connectivity index (χ0) is 10.4. The smallest absolute Gasteiger partial charge is 0.318 e. The molecule has 0 atom stereocenters. The van der Waals surface area contributed by atoms with Gasteiger partial charge >= 0.3 is 6.01 Å². The number of nitrogens with one attached hydrogen (secondary N) is 1. The molecular formula is C8H11Cl2N3O. The molecule has 0 saturated carbocycles. The van der Waals surface area contributed by atoms with Crippen molar-refractivity contribution in [1.29, 1.82) is 0 Å². The second kappa shape index (κ2) is 5.88. The molecule has 0 radical (unpaired) electrons. The Morgan fingerprint density at radius 3 is 3.00 bits per heavy atom. The molecule has 1 aromatic rings. The average molecular weight is 236 g/mol. The zero-order valence-corrected chi connectivity index (χ0v) is 9.27. The van der Waals surface area contributed by atoms with Gasteiger partial charge in [-0.15, -0.1) is 11.6 Å². The van der Waals surface area contributed by atoms with Gasteiger partial charge in [0.1, 0.15) is 5.02 Å². The van der Waals surface area contributed by atoms with Gasteiger partial charge in [0, 0.05) is 12.4 Å². The topological polar surface area (TPSA) is 47.0 Å². The van der Waals surface area contributed by atoms with Gasteiger partial charge < -0.3 is 10.1 Å². The second-order valence-electron chi connectivity index (χ2n) is 2.52. The summed E-state index contributed by atoms with van der Waals surface area (Å²) in [6.45, 7) is 0.726. The number of methoxy groups -OCH3 is 1. The molecule has 0 aliphatic rings. The van der Waals surface area contributed by atoms with E-state index in [1.807, 2.05) is 0 Å². The maximum absolute atomic E-state index is 5.86. The summed E-state index contributed by atoms with van der Waals surface area (Å²) in [4.78, 5) is 7.90.